The number of likely N-dealkylation sites (tertiary alicyclic amines) is 1. The summed E-state index contributed by atoms with van der Waals surface area (Å²) in [6, 6.07) is 1.15. The predicted octanol–water partition coefficient (Wildman–Crippen LogP) is 4.56. The van der Waals surface area contributed by atoms with Crippen molar-refractivity contribution in [2.75, 3.05) is 31.5 Å². The van der Waals surface area contributed by atoms with Crippen molar-refractivity contribution in [3.05, 3.63) is 32.8 Å². The van der Waals surface area contributed by atoms with E-state index in [1.165, 1.54) is 4.90 Å². The zero-order valence-electron chi connectivity index (χ0n) is 13.1. The van der Waals surface area contributed by atoms with Crippen LogP contribution in [0.1, 0.15) is 12.0 Å². The van der Waals surface area contributed by atoms with Crippen molar-refractivity contribution in [3.63, 3.8) is 0 Å². The fraction of sp³-hybridized carbons (Fsp3) is 0.571. The summed E-state index contributed by atoms with van der Waals surface area (Å²) in [5, 5.41) is 13.0. The van der Waals surface area contributed by atoms with E-state index < -0.39 is 40.1 Å². The lowest BCUT2D eigenvalue weighted by Crippen LogP contribution is -2.33. The van der Waals surface area contributed by atoms with E-state index in [1.807, 2.05) is 0 Å². The summed E-state index contributed by atoms with van der Waals surface area (Å²) < 4.78 is 75.5. The zero-order chi connectivity index (χ0) is 19.7. The summed E-state index contributed by atoms with van der Waals surface area (Å²) in [6.07, 6.45) is -8.72. The molecule has 1 aliphatic rings. The van der Waals surface area contributed by atoms with Gasteiger partial charge in [-0.05, 0) is 24.9 Å². The highest BCUT2D eigenvalue weighted by Crippen LogP contribution is 2.40. The van der Waals surface area contributed by atoms with Gasteiger partial charge in [-0.3, -0.25) is 15.0 Å². The van der Waals surface area contributed by atoms with Crippen LogP contribution in [0.25, 0.3) is 0 Å². The lowest BCUT2D eigenvalue weighted by atomic mass is 10.1. The summed E-state index contributed by atoms with van der Waals surface area (Å²) in [7, 11) is 0. The number of hydrogen-bond acceptors (Lipinski definition) is 4. The minimum absolute atomic E-state index is 0.0802. The number of benzene rings is 1. The smallest absolute Gasteiger partial charge is 0.379 e. The number of halogens is 7. The van der Waals surface area contributed by atoms with Crippen molar-refractivity contribution >= 4 is 23.0 Å². The number of nitro groups is 1. The first-order chi connectivity index (χ1) is 11.9. The van der Waals surface area contributed by atoms with Crippen molar-refractivity contribution in [1.82, 2.24) is 4.90 Å². The molecule has 0 bridgehead atoms. The summed E-state index contributed by atoms with van der Waals surface area (Å²) in [6.45, 7) is -0.608. The molecule has 1 N–H and O–H groups in total. The monoisotopic (exact) mass is 405 g/mol. The summed E-state index contributed by atoms with van der Waals surface area (Å²) in [5.41, 5.74) is -2.33. The molecule has 0 amide bonds. The van der Waals surface area contributed by atoms with Gasteiger partial charge in [0.2, 0.25) is 0 Å². The Kier molecular flexibility index (Phi) is 5.91. The summed E-state index contributed by atoms with van der Waals surface area (Å²) >= 11 is 5.57. The van der Waals surface area contributed by atoms with Crippen molar-refractivity contribution in [2.24, 2.45) is 5.92 Å². The van der Waals surface area contributed by atoms with E-state index >= 15 is 0 Å². The fourth-order valence-corrected chi connectivity index (χ4v) is 3.07. The molecule has 5 nitrogen and oxygen atoms in total. The molecular weight excluding hydrogens is 392 g/mol. The maximum Gasteiger partial charge on any atom is 0.418 e. The predicted molar refractivity (Wildman–Crippen MR) is 82.2 cm³/mol. The van der Waals surface area contributed by atoms with Gasteiger partial charge in [0.1, 0.15) is 5.69 Å². The lowest BCUT2D eigenvalue weighted by molar-refractivity contribution is -0.384. The first kappa shape index (κ1) is 20.6. The Bertz CT molecular complexity index is 680. The minimum atomic E-state index is -4.84. The van der Waals surface area contributed by atoms with E-state index in [-0.39, 0.29) is 31.2 Å². The largest absolute Gasteiger partial charge is 0.418 e. The van der Waals surface area contributed by atoms with Gasteiger partial charge in [-0.1, -0.05) is 11.6 Å². The maximum atomic E-state index is 12.8. The average Bonchev–Trinajstić information content (AvgIpc) is 2.88. The normalized spacial score (nSPS) is 19.0. The van der Waals surface area contributed by atoms with Crippen molar-refractivity contribution in [3.8, 4) is 0 Å². The van der Waals surface area contributed by atoms with E-state index in [1.54, 1.807) is 0 Å². The molecule has 0 aliphatic carbocycles. The molecule has 12 heteroatoms. The number of alkyl halides is 6. The molecule has 0 saturated carbocycles. The second-order valence-corrected chi connectivity index (χ2v) is 6.40. The molecule has 146 valence electrons. The summed E-state index contributed by atoms with van der Waals surface area (Å²) in [5.74, 6) is -0.224. The molecule has 1 fully saturated rings. The van der Waals surface area contributed by atoms with E-state index in [4.69, 9.17) is 11.6 Å². The van der Waals surface area contributed by atoms with Crippen LogP contribution in [0.5, 0.6) is 0 Å². The Morgan fingerprint density at radius 1 is 1.27 bits per heavy atom. The molecular formula is C14H14ClF6N3O2. The molecule has 2 rings (SSSR count). The Hall–Kier alpha value is -1.75. The molecule has 0 spiro atoms. The van der Waals surface area contributed by atoms with Gasteiger partial charge in [0, 0.05) is 19.2 Å². The Morgan fingerprint density at radius 2 is 1.92 bits per heavy atom. The second-order valence-electron chi connectivity index (χ2n) is 5.99. The van der Waals surface area contributed by atoms with Crippen molar-refractivity contribution in [2.45, 2.75) is 18.8 Å². The van der Waals surface area contributed by atoms with E-state index in [9.17, 15) is 36.5 Å². The molecule has 0 radical (unpaired) electrons. The number of nitrogens with one attached hydrogen (secondary N) is 1. The molecule has 1 unspecified atom stereocenters. The zero-order valence-corrected chi connectivity index (χ0v) is 13.9. The van der Waals surface area contributed by atoms with Crippen LogP contribution < -0.4 is 5.32 Å². The van der Waals surface area contributed by atoms with E-state index in [2.05, 4.69) is 5.32 Å². The van der Waals surface area contributed by atoms with Crippen LogP contribution >= 0.6 is 11.6 Å². The lowest BCUT2D eigenvalue weighted by Gasteiger charge is -2.18. The van der Waals surface area contributed by atoms with Crippen LogP contribution in [0.4, 0.5) is 37.7 Å². The second kappa shape index (κ2) is 7.47. The van der Waals surface area contributed by atoms with Gasteiger partial charge in [0.05, 0.1) is 22.1 Å². The van der Waals surface area contributed by atoms with Crippen LogP contribution in [0, 0.1) is 16.0 Å². The third kappa shape index (κ3) is 5.37. The van der Waals surface area contributed by atoms with Crippen LogP contribution in [-0.2, 0) is 6.18 Å². The van der Waals surface area contributed by atoms with E-state index in [0.717, 1.165) is 6.07 Å². The van der Waals surface area contributed by atoms with Gasteiger partial charge in [0.15, 0.2) is 0 Å². The third-order valence-corrected chi connectivity index (χ3v) is 4.25. The van der Waals surface area contributed by atoms with Crippen molar-refractivity contribution < 1.29 is 31.3 Å². The van der Waals surface area contributed by atoms with Gasteiger partial charge in [-0.15, -0.1) is 0 Å². The molecule has 1 saturated heterocycles. The SMILES string of the molecule is O=[N+]([O-])c1cc(C(F)(F)F)c(Cl)cc1NCC1CCN(CC(F)(F)F)C1. The van der Waals surface area contributed by atoms with Gasteiger partial charge in [-0.2, -0.15) is 26.3 Å². The molecule has 26 heavy (non-hydrogen) atoms. The topological polar surface area (TPSA) is 58.4 Å². The van der Waals surface area contributed by atoms with Gasteiger partial charge >= 0.3 is 12.4 Å². The Labute approximate surface area is 149 Å². The molecule has 1 aromatic rings. The highest BCUT2D eigenvalue weighted by Gasteiger charge is 2.37. The molecule has 1 heterocycles. The van der Waals surface area contributed by atoms with Crippen LogP contribution in [0.2, 0.25) is 5.02 Å². The quantitative estimate of drug-likeness (QED) is 0.443. The van der Waals surface area contributed by atoms with Gasteiger partial charge in [0.25, 0.3) is 5.69 Å². The molecule has 0 aromatic heterocycles. The van der Waals surface area contributed by atoms with Crippen LogP contribution in [0.3, 0.4) is 0 Å². The van der Waals surface area contributed by atoms with E-state index in [0.29, 0.717) is 12.5 Å². The highest BCUT2D eigenvalue weighted by atomic mass is 35.5. The Balaban J connectivity index is 2.08. The fourth-order valence-electron chi connectivity index (χ4n) is 2.80. The maximum absolute atomic E-state index is 12.8. The highest BCUT2D eigenvalue weighted by molar-refractivity contribution is 6.31. The van der Waals surface area contributed by atoms with Gasteiger partial charge in [-0.25, -0.2) is 0 Å². The number of hydrogen-bond donors (Lipinski definition) is 1. The first-order valence-corrected chi connectivity index (χ1v) is 7.82. The Morgan fingerprint density at radius 3 is 2.46 bits per heavy atom. The summed E-state index contributed by atoms with van der Waals surface area (Å²) in [4.78, 5) is 11.3. The van der Waals surface area contributed by atoms with Crippen LogP contribution in [0.15, 0.2) is 12.1 Å². The molecule has 1 aliphatic heterocycles. The van der Waals surface area contributed by atoms with Gasteiger partial charge < -0.3 is 5.32 Å². The minimum Gasteiger partial charge on any atom is -0.379 e. The number of anilines is 1. The average molecular weight is 406 g/mol. The number of rotatable bonds is 5. The standard InChI is InChI=1S/C14H14ClF6N3O2/c15-10-4-11(12(24(25)26)3-9(10)14(19,20)21)22-5-8-1-2-23(6-8)7-13(16,17)18/h3-4,8,22H,1-2,5-7H2. The third-order valence-electron chi connectivity index (χ3n) is 3.94. The molecule has 1 aromatic carbocycles. The number of nitrogens with zero attached hydrogens (tertiary/aromatic N) is 2. The number of nitro benzene ring substituents is 1. The first-order valence-electron chi connectivity index (χ1n) is 7.45. The van der Waals surface area contributed by atoms with Crippen molar-refractivity contribution in [1.29, 1.82) is 0 Å². The molecule has 1 atom stereocenters. The van der Waals surface area contributed by atoms with Crippen LogP contribution in [-0.4, -0.2) is 42.2 Å².